The van der Waals surface area contributed by atoms with Crippen molar-refractivity contribution in [2.45, 2.75) is 65.0 Å². The van der Waals surface area contributed by atoms with Crippen LogP contribution in [0.3, 0.4) is 0 Å². The summed E-state index contributed by atoms with van der Waals surface area (Å²) in [7, 11) is 0. The highest BCUT2D eigenvalue weighted by molar-refractivity contribution is 6.02. The van der Waals surface area contributed by atoms with E-state index in [0.717, 1.165) is 32.1 Å². The Balaban J connectivity index is 1.73. The van der Waals surface area contributed by atoms with Crippen LogP contribution in [0.15, 0.2) is 29.1 Å². The normalized spacial score (nSPS) is 19.1. The van der Waals surface area contributed by atoms with Crippen molar-refractivity contribution in [1.82, 2.24) is 15.1 Å². The zero-order valence-corrected chi connectivity index (χ0v) is 17.1. The summed E-state index contributed by atoms with van der Waals surface area (Å²) in [6.07, 6.45) is 6.02. The Morgan fingerprint density at radius 3 is 2.66 bits per heavy atom. The number of rotatable bonds is 7. The Bertz CT molecular complexity index is 937. The average molecular weight is 399 g/mol. The van der Waals surface area contributed by atoms with Gasteiger partial charge in [-0.25, -0.2) is 9.48 Å². The SMILES string of the molecule is CCCCn1nc(C(=O)OCC(=O)N[C@@H]2CCCC[C@H]2C)c2ccccc2c1=O. The lowest BCUT2D eigenvalue weighted by molar-refractivity contribution is -0.125. The van der Waals surface area contributed by atoms with Crippen LogP contribution in [0, 0.1) is 5.92 Å². The van der Waals surface area contributed by atoms with Gasteiger partial charge in [0, 0.05) is 18.0 Å². The van der Waals surface area contributed by atoms with Crippen LogP contribution >= 0.6 is 0 Å². The quantitative estimate of drug-likeness (QED) is 0.723. The fourth-order valence-electron chi connectivity index (χ4n) is 3.82. The monoisotopic (exact) mass is 399 g/mol. The molecule has 1 aromatic carbocycles. The molecule has 1 aliphatic rings. The molecular weight excluding hydrogens is 370 g/mol. The largest absolute Gasteiger partial charge is 0.451 e. The molecule has 2 aromatic rings. The smallest absolute Gasteiger partial charge is 0.359 e. The second kappa shape index (κ2) is 9.67. The highest BCUT2D eigenvalue weighted by atomic mass is 16.5. The molecule has 0 saturated heterocycles. The van der Waals surface area contributed by atoms with Gasteiger partial charge in [0.1, 0.15) is 0 Å². The molecule has 0 bridgehead atoms. The van der Waals surface area contributed by atoms with Crippen molar-refractivity contribution >= 4 is 22.6 Å². The van der Waals surface area contributed by atoms with E-state index in [9.17, 15) is 14.4 Å². The zero-order chi connectivity index (χ0) is 20.8. The van der Waals surface area contributed by atoms with Crippen molar-refractivity contribution in [3.8, 4) is 0 Å². The number of aromatic nitrogens is 2. The van der Waals surface area contributed by atoms with Crippen LogP contribution in [0.2, 0.25) is 0 Å². The number of hydrogen-bond acceptors (Lipinski definition) is 5. The number of esters is 1. The van der Waals surface area contributed by atoms with Crippen molar-refractivity contribution in [2.75, 3.05) is 6.61 Å². The van der Waals surface area contributed by atoms with Crippen LogP contribution in [-0.2, 0) is 16.1 Å². The minimum Gasteiger partial charge on any atom is -0.451 e. The second-order valence-corrected chi connectivity index (χ2v) is 7.79. The van der Waals surface area contributed by atoms with Crippen LogP contribution in [0.5, 0.6) is 0 Å². The fraction of sp³-hybridized carbons (Fsp3) is 0.545. The van der Waals surface area contributed by atoms with Crippen molar-refractivity contribution in [3.05, 3.63) is 40.3 Å². The summed E-state index contributed by atoms with van der Waals surface area (Å²) in [6.45, 7) is 4.23. The summed E-state index contributed by atoms with van der Waals surface area (Å²) in [5, 5.41) is 8.07. The van der Waals surface area contributed by atoms with E-state index in [-0.39, 0.29) is 29.8 Å². The lowest BCUT2D eigenvalue weighted by Gasteiger charge is -2.29. The summed E-state index contributed by atoms with van der Waals surface area (Å²) in [5.74, 6) is -0.574. The number of carbonyl (C=O) groups excluding carboxylic acids is 2. The summed E-state index contributed by atoms with van der Waals surface area (Å²) >= 11 is 0. The maximum Gasteiger partial charge on any atom is 0.359 e. The van der Waals surface area contributed by atoms with Crippen LogP contribution in [-0.4, -0.2) is 34.3 Å². The molecule has 0 aliphatic heterocycles. The van der Waals surface area contributed by atoms with Gasteiger partial charge in [0.15, 0.2) is 12.3 Å². The summed E-state index contributed by atoms with van der Waals surface area (Å²) in [6, 6.07) is 6.98. The number of benzene rings is 1. The maximum atomic E-state index is 12.7. The summed E-state index contributed by atoms with van der Waals surface area (Å²) < 4.78 is 6.56. The van der Waals surface area contributed by atoms with E-state index in [0.29, 0.717) is 23.2 Å². The van der Waals surface area contributed by atoms with E-state index in [4.69, 9.17) is 4.74 Å². The first-order valence-corrected chi connectivity index (χ1v) is 10.5. The van der Waals surface area contributed by atoms with Crippen molar-refractivity contribution in [2.24, 2.45) is 5.92 Å². The topological polar surface area (TPSA) is 90.3 Å². The lowest BCUT2D eigenvalue weighted by Crippen LogP contribution is -2.43. The van der Waals surface area contributed by atoms with Crippen LogP contribution in [0.1, 0.15) is 62.9 Å². The minimum absolute atomic E-state index is 0.0649. The van der Waals surface area contributed by atoms with E-state index < -0.39 is 5.97 Å². The molecular formula is C22H29N3O4. The molecule has 1 N–H and O–H groups in total. The molecule has 1 aromatic heterocycles. The summed E-state index contributed by atoms with van der Waals surface area (Å²) in [4.78, 5) is 37.5. The molecule has 1 amide bonds. The van der Waals surface area contributed by atoms with Gasteiger partial charge in [-0.1, -0.05) is 51.3 Å². The number of aryl methyl sites for hydroxylation is 1. The number of carbonyl (C=O) groups is 2. The standard InChI is InChI=1S/C22H29N3O4/c1-3-4-13-25-21(27)17-11-7-6-10-16(17)20(24-25)22(28)29-14-19(26)23-18-12-8-5-9-15(18)2/h6-7,10-11,15,18H,3-5,8-9,12-14H2,1-2H3,(H,23,26)/t15-,18-/m1/s1. The third-order valence-electron chi connectivity index (χ3n) is 5.58. The first-order chi connectivity index (χ1) is 14.0. The van der Waals surface area contributed by atoms with Gasteiger partial charge in [-0.3, -0.25) is 9.59 Å². The number of fused-ring (bicyclic) bond motifs is 1. The second-order valence-electron chi connectivity index (χ2n) is 7.79. The Morgan fingerprint density at radius 2 is 1.93 bits per heavy atom. The molecule has 0 spiro atoms. The number of ether oxygens (including phenoxy) is 1. The van der Waals surface area contributed by atoms with Gasteiger partial charge >= 0.3 is 5.97 Å². The van der Waals surface area contributed by atoms with E-state index in [1.807, 2.05) is 6.92 Å². The van der Waals surface area contributed by atoms with Crippen LogP contribution in [0.25, 0.3) is 10.8 Å². The van der Waals surface area contributed by atoms with E-state index >= 15 is 0 Å². The Morgan fingerprint density at radius 1 is 1.21 bits per heavy atom. The van der Waals surface area contributed by atoms with Crippen molar-refractivity contribution < 1.29 is 14.3 Å². The molecule has 0 unspecified atom stereocenters. The van der Waals surface area contributed by atoms with Gasteiger partial charge < -0.3 is 10.1 Å². The van der Waals surface area contributed by atoms with E-state index in [1.165, 1.54) is 11.1 Å². The fourth-order valence-corrected chi connectivity index (χ4v) is 3.82. The Kier molecular flexibility index (Phi) is 7.01. The average Bonchev–Trinajstić information content (AvgIpc) is 2.73. The molecule has 1 aliphatic carbocycles. The van der Waals surface area contributed by atoms with Crippen LogP contribution < -0.4 is 10.9 Å². The predicted octanol–water partition coefficient (Wildman–Crippen LogP) is 3.05. The van der Waals surface area contributed by atoms with Gasteiger partial charge in [0.25, 0.3) is 11.5 Å². The third kappa shape index (κ3) is 5.02. The highest BCUT2D eigenvalue weighted by Gasteiger charge is 2.24. The molecule has 1 fully saturated rings. The molecule has 7 nitrogen and oxygen atoms in total. The minimum atomic E-state index is -0.696. The first-order valence-electron chi connectivity index (χ1n) is 10.5. The Hall–Kier alpha value is -2.70. The molecule has 1 heterocycles. The van der Waals surface area contributed by atoms with E-state index in [2.05, 4.69) is 17.3 Å². The van der Waals surface area contributed by atoms with Gasteiger partial charge in [-0.2, -0.15) is 5.10 Å². The molecule has 3 rings (SSSR count). The number of amides is 1. The number of hydrogen-bond donors (Lipinski definition) is 1. The zero-order valence-electron chi connectivity index (χ0n) is 17.1. The first kappa shape index (κ1) is 21.0. The Labute approximate surface area is 170 Å². The van der Waals surface area contributed by atoms with E-state index in [1.54, 1.807) is 24.3 Å². The number of nitrogens with zero attached hydrogens (tertiary/aromatic N) is 2. The third-order valence-corrected chi connectivity index (χ3v) is 5.58. The van der Waals surface area contributed by atoms with Crippen molar-refractivity contribution in [1.29, 1.82) is 0 Å². The molecule has 7 heteroatoms. The molecule has 0 radical (unpaired) electrons. The van der Waals surface area contributed by atoms with Gasteiger partial charge in [0.2, 0.25) is 0 Å². The molecule has 1 saturated carbocycles. The van der Waals surface area contributed by atoms with Crippen molar-refractivity contribution in [3.63, 3.8) is 0 Å². The van der Waals surface area contributed by atoms with Gasteiger partial charge in [-0.15, -0.1) is 0 Å². The van der Waals surface area contributed by atoms with Crippen LogP contribution in [0.4, 0.5) is 0 Å². The number of nitrogens with one attached hydrogen (secondary N) is 1. The predicted molar refractivity (Wildman–Crippen MR) is 111 cm³/mol. The molecule has 2 atom stereocenters. The summed E-state index contributed by atoms with van der Waals surface area (Å²) in [5.41, 5.74) is -0.162. The highest BCUT2D eigenvalue weighted by Crippen LogP contribution is 2.23. The lowest BCUT2D eigenvalue weighted by atomic mass is 9.86. The molecule has 29 heavy (non-hydrogen) atoms. The maximum absolute atomic E-state index is 12.7. The molecule has 156 valence electrons. The number of unbranched alkanes of at least 4 members (excludes halogenated alkanes) is 1. The van der Waals surface area contributed by atoms with Gasteiger partial charge in [0.05, 0.1) is 5.39 Å². The van der Waals surface area contributed by atoms with Gasteiger partial charge in [-0.05, 0) is 31.2 Å².